The zero-order valence-electron chi connectivity index (χ0n) is 11.9. The molecule has 3 aromatic rings. The molecule has 1 aromatic heterocycles. The van der Waals surface area contributed by atoms with Crippen molar-refractivity contribution >= 4 is 22.5 Å². The molecule has 0 spiro atoms. The van der Waals surface area contributed by atoms with Crippen molar-refractivity contribution in [3.63, 3.8) is 0 Å². The summed E-state index contributed by atoms with van der Waals surface area (Å²) in [6.07, 6.45) is 1.04. The molecule has 0 fully saturated rings. The van der Waals surface area contributed by atoms with Crippen molar-refractivity contribution in [1.29, 1.82) is 0 Å². The predicted molar refractivity (Wildman–Crippen MR) is 87.9 cm³/mol. The number of hydrogen-bond donors (Lipinski definition) is 2. The monoisotopic (exact) mass is 299 g/mol. The molecular formula is C17H18ClN3. The zero-order valence-corrected chi connectivity index (χ0v) is 12.7. The summed E-state index contributed by atoms with van der Waals surface area (Å²) in [5, 5.41) is 11.8. The number of rotatable bonds is 5. The third-order valence-electron chi connectivity index (χ3n) is 3.83. The first-order valence-corrected chi connectivity index (χ1v) is 7.50. The summed E-state index contributed by atoms with van der Waals surface area (Å²) in [5.41, 5.74) is 3.57. The molecule has 0 radical (unpaired) electrons. The maximum Gasteiger partial charge on any atom is 0.158 e. The standard InChI is InChI=1S/C17H18ClN3/c1-19-10-9-14(12-5-3-2-4-6-12)13-7-8-16-15(11-13)17(18)21-20-16/h2-8,11,14,19H,9-10H2,1H3,(H,20,21)/t14-/m0/s1. The SMILES string of the molecule is CNCC[C@@H](c1ccccc1)c1ccc2[nH]nc(Cl)c2c1. The highest BCUT2D eigenvalue weighted by Gasteiger charge is 2.15. The van der Waals surface area contributed by atoms with E-state index in [9.17, 15) is 0 Å². The van der Waals surface area contributed by atoms with Crippen LogP contribution in [0.1, 0.15) is 23.5 Å². The van der Waals surface area contributed by atoms with Gasteiger partial charge >= 0.3 is 0 Å². The van der Waals surface area contributed by atoms with Gasteiger partial charge in [0.2, 0.25) is 0 Å². The fraction of sp³-hybridized carbons (Fsp3) is 0.235. The van der Waals surface area contributed by atoms with Crippen LogP contribution in [0, 0.1) is 0 Å². The Balaban J connectivity index is 2.02. The van der Waals surface area contributed by atoms with Crippen molar-refractivity contribution in [2.45, 2.75) is 12.3 Å². The summed E-state index contributed by atoms with van der Waals surface area (Å²) in [6.45, 7) is 0.969. The molecule has 21 heavy (non-hydrogen) atoms. The van der Waals surface area contributed by atoms with Crippen LogP contribution in [0.3, 0.4) is 0 Å². The van der Waals surface area contributed by atoms with E-state index in [1.165, 1.54) is 11.1 Å². The van der Waals surface area contributed by atoms with Gasteiger partial charge in [-0.1, -0.05) is 48.0 Å². The fourth-order valence-electron chi connectivity index (χ4n) is 2.72. The average Bonchev–Trinajstić information content (AvgIpc) is 2.90. The largest absolute Gasteiger partial charge is 0.320 e. The fourth-order valence-corrected chi connectivity index (χ4v) is 2.91. The van der Waals surface area contributed by atoms with Gasteiger partial charge in [0.1, 0.15) is 0 Å². The van der Waals surface area contributed by atoms with Gasteiger partial charge in [-0.15, -0.1) is 0 Å². The average molecular weight is 300 g/mol. The second-order valence-corrected chi connectivity index (χ2v) is 5.53. The van der Waals surface area contributed by atoms with Crippen LogP contribution in [0.5, 0.6) is 0 Å². The lowest BCUT2D eigenvalue weighted by Crippen LogP contribution is -2.13. The van der Waals surface area contributed by atoms with Gasteiger partial charge in [0.15, 0.2) is 5.15 Å². The number of halogens is 1. The minimum atomic E-state index is 0.356. The minimum absolute atomic E-state index is 0.356. The Bertz CT molecular complexity index is 721. The van der Waals surface area contributed by atoms with Crippen LogP contribution in [0.4, 0.5) is 0 Å². The van der Waals surface area contributed by atoms with E-state index >= 15 is 0 Å². The first-order chi connectivity index (χ1) is 10.3. The molecule has 0 saturated heterocycles. The van der Waals surface area contributed by atoms with Crippen LogP contribution in [0.2, 0.25) is 5.15 Å². The van der Waals surface area contributed by atoms with Crippen molar-refractivity contribution in [2.75, 3.05) is 13.6 Å². The molecule has 1 heterocycles. The van der Waals surface area contributed by atoms with E-state index in [-0.39, 0.29) is 0 Å². The molecule has 4 heteroatoms. The molecule has 2 N–H and O–H groups in total. The third kappa shape index (κ3) is 2.94. The minimum Gasteiger partial charge on any atom is -0.320 e. The Labute approximate surface area is 129 Å². The Morgan fingerprint density at radius 1 is 1.14 bits per heavy atom. The molecule has 2 aromatic carbocycles. The highest BCUT2D eigenvalue weighted by Crippen LogP contribution is 2.31. The smallest absolute Gasteiger partial charge is 0.158 e. The number of hydrogen-bond acceptors (Lipinski definition) is 2. The second kappa shape index (κ2) is 6.29. The van der Waals surface area contributed by atoms with Gasteiger partial charge in [-0.2, -0.15) is 5.10 Å². The van der Waals surface area contributed by atoms with Crippen molar-refractivity contribution < 1.29 is 0 Å². The number of nitrogens with one attached hydrogen (secondary N) is 2. The summed E-state index contributed by atoms with van der Waals surface area (Å²) < 4.78 is 0. The van der Waals surface area contributed by atoms with Crippen LogP contribution in [-0.2, 0) is 0 Å². The first kappa shape index (κ1) is 14.1. The van der Waals surface area contributed by atoms with Gasteiger partial charge in [0, 0.05) is 11.3 Å². The first-order valence-electron chi connectivity index (χ1n) is 7.12. The van der Waals surface area contributed by atoms with Crippen LogP contribution < -0.4 is 5.32 Å². The maximum absolute atomic E-state index is 6.14. The van der Waals surface area contributed by atoms with Gasteiger partial charge in [-0.25, -0.2) is 0 Å². The molecule has 0 bridgehead atoms. The zero-order chi connectivity index (χ0) is 14.7. The third-order valence-corrected chi connectivity index (χ3v) is 4.12. The molecule has 0 aliphatic rings. The molecular weight excluding hydrogens is 282 g/mol. The van der Waals surface area contributed by atoms with E-state index in [1.807, 2.05) is 7.05 Å². The topological polar surface area (TPSA) is 40.7 Å². The maximum atomic E-state index is 6.14. The van der Waals surface area contributed by atoms with Gasteiger partial charge in [0.25, 0.3) is 0 Å². The van der Waals surface area contributed by atoms with Crippen molar-refractivity contribution in [3.8, 4) is 0 Å². The highest BCUT2D eigenvalue weighted by molar-refractivity contribution is 6.34. The Kier molecular flexibility index (Phi) is 4.23. The van der Waals surface area contributed by atoms with Crippen LogP contribution in [0.15, 0.2) is 48.5 Å². The Morgan fingerprint density at radius 3 is 2.71 bits per heavy atom. The lowest BCUT2D eigenvalue weighted by atomic mass is 9.88. The van der Waals surface area contributed by atoms with Gasteiger partial charge in [-0.3, -0.25) is 5.10 Å². The Hall–Kier alpha value is -1.84. The summed E-state index contributed by atoms with van der Waals surface area (Å²) in [5.74, 6) is 0.356. The van der Waals surface area contributed by atoms with Crippen molar-refractivity contribution in [1.82, 2.24) is 15.5 Å². The van der Waals surface area contributed by atoms with Crippen LogP contribution in [0.25, 0.3) is 10.9 Å². The molecule has 0 aliphatic heterocycles. The molecule has 0 saturated carbocycles. The number of aromatic nitrogens is 2. The summed E-state index contributed by atoms with van der Waals surface area (Å²) in [6, 6.07) is 16.9. The van der Waals surface area contributed by atoms with Crippen molar-refractivity contribution in [2.24, 2.45) is 0 Å². The molecule has 3 nitrogen and oxygen atoms in total. The number of H-pyrrole nitrogens is 1. The number of benzene rings is 2. The van der Waals surface area contributed by atoms with E-state index in [0.29, 0.717) is 11.1 Å². The lowest BCUT2D eigenvalue weighted by molar-refractivity contribution is 0.662. The molecule has 108 valence electrons. The number of nitrogens with zero attached hydrogens (tertiary/aromatic N) is 1. The molecule has 0 aliphatic carbocycles. The summed E-state index contributed by atoms with van der Waals surface area (Å²) in [7, 11) is 1.98. The van der Waals surface area contributed by atoms with E-state index in [0.717, 1.165) is 23.9 Å². The van der Waals surface area contributed by atoms with Crippen LogP contribution >= 0.6 is 11.6 Å². The summed E-state index contributed by atoms with van der Waals surface area (Å²) in [4.78, 5) is 0. The van der Waals surface area contributed by atoms with Gasteiger partial charge in [0.05, 0.1) is 5.52 Å². The number of aromatic amines is 1. The van der Waals surface area contributed by atoms with Crippen molar-refractivity contribution in [3.05, 3.63) is 64.8 Å². The van der Waals surface area contributed by atoms with Gasteiger partial charge in [-0.05, 0) is 43.3 Å². The van der Waals surface area contributed by atoms with E-state index in [2.05, 4.69) is 64.0 Å². The molecule has 1 atom stereocenters. The normalized spacial score (nSPS) is 12.7. The molecule has 0 amide bonds. The predicted octanol–water partition coefficient (Wildman–Crippen LogP) is 3.96. The lowest BCUT2D eigenvalue weighted by Gasteiger charge is -2.18. The number of fused-ring (bicyclic) bond motifs is 1. The summed E-state index contributed by atoms with van der Waals surface area (Å²) >= 11 is 6.14. The molecule has 3 rings (SSSR count). The van der Waals surface area contributed by atoms with E-state index < -0.39 is 0 Å². The quantitative estimate of drug-likeness (QED) is 0.749. The van der Waals surface area contributed by atoms with E-state index in [1.54, 1.807) is 0 Å². The van der Waals surface area contributed by atoms with Gasteiger partial charge < -0.3 is 5.32 Å². The highest BCUT2D eigenvalue weighted by atomic mass is 35.5. The second-order valence-electron chi connectivity index (χ2n) is 5.17. The molecule has 0 unspecified atom stereocenters. The van der Waals surface area contributed by atoms with Crippen LogP contribution in [-0.4, -0.2) is 23.8 Å². The van der Waals surface area contributed by atoms with E-state index in [4.69, 9.17) is 11.6 Å². The Morgan fingerprint density at radius 2 is 1.95 bits per heavy atom.